The highest BCUT2D eigenvalue weighted by Crippen LogP contribution is 2.21. The van der Waals surface area contributed by atoms with Gasteiger partial charge >= 0.3 is 6.03 Å². The van der Waals surface area contributed by atoms with Gasteiger partial charge in [0.1, 0.15) is 17.9 Å². The molecule has 2 fully saturated rings. The van der Waals surface area contributed by atoms with Crippen molar-refractivity contribution in [1.82, 2.24) is 15.1 Å². The van der Waals surface area contributed by atoms with E-state index in [0.717, 1.165) is 25.1 Å². The van der Waals surface area contributed by atoms with E-state index in [4.69, 9.17) is 4.74 Å². The fourth-order valence-corrected chi connectivity index (χ4v) is 3.34. The fraction of sp³-hybridized carbons (Fsp3) is 0.556. The minimum absolute atomic E-state index is 0.149. The van der Waals surface area contributed by atoms with Crippen molar-refractivity contribution in [2.75, 3.05) is 26.2 Å². The molecule has 130 valence electrons. The molecule has 0 bridgehead atoms. The second-order valence-corrected chi connectivity index (χ2v) is 6.97. The molecule has 0 radical (unpaired) electrons. The number of hydrogen-bond donors (Lipinski definition) is 1. The second kappa shape index (κ2) is 6.81. The summed E-state index contributed by atoms with van der Waals surface area (Å²) < 4.78 is 5.87. The highest BCUT2D eigenvalue weighted by molar-refractivity contribution is 6.06. The molecule has 6 heteroatoms. The van der Waals surface area contributed by atoms with Crippen LogP contribution in [0.4, 0.5) is 4.79 Å². The highest BCUT2D eigenvalue weighted by atomic mass is 16.5. The van der Waals surface area contributed by atoms with Crippen molar-refractivity contribution >= 4 is 11.9 Å². The van der Waals surface area contributed by atoms with Gasteiger partial charge in [0.05, 0.1) is 0 Å². The molecule has 2 heterocycles. The number of ether oxygens (including phenoxy) is 1. The Morgan fingerprint density at radius 3 is 2.62 bits per heavy atom. The van der Waals surface area contributed by atoms with Crippen LogP contribution in [-0.2, 0) is 4.79 Å². The maximum Gasteiger partial charge on any atom is 0.325 e. The molecule has 0 aliphatic carbocycles. The van der Waals surface area contributed by atoms with Crippen LogP contribution >= 0.6 is 0 Å². The first-order chi connectivity index (χ1) is 11.5. The average Bonchev–Trinajstić information content (AvgIpc) is 3.07. The van der Waals surface area contributed by atoms with E-state index >= 15 is 0 Å². The lowest BCUT2D eigenvalue weighted by molar-refractivity contribution is -0.130. The normalized spacial score (nSPS) is 23.6. The largest absolute Gasteiger partial charge is 0.492 e. The minimum Gasteiger partial charge on any atom is -0.492 e. The van der Waals surface area contributed by atoms with Crippen molar-refractivity contribution in [3.05, 3.63) is 30.3 Å². The number of nitrogens with one attached hydrogen (secondary N) is 1. The molecular formula is C18H25N3O3. The van der Waals surface area contributed by atoms with Crippen molar-refractivity contribution in [3.8, 4) is 5.75 Å². The van der Waals surface area contributed by atoms with Gasteiger partial charge in [0, 0.05) is 19.1 Å². The molecule has 1 aromatic carbocycles. The van der Waals surface area contributed by atoms with Crippen LogP contribution < -0.4 is 10.1 Å². The maximum atomic E-state index is 12.2. The van der Waals surface area contributed by atoms with E-state index < -0.39 is 5.54 Å². The maximum absolute atomic E-state index is 12.2. The third-order valence-corrected chi connectivity index (χ3v) is 4.74. The SMILES string of the molecule is CC1(C)NC(=O)N(CCN2CCCC2COc2ccccc2)C1=O. The summed E-state index contributed by atoms with van der Waals surface area (Å²) >= 11 is 0. The van der Waals surface area contributed by atoms with Crippen molar-refractivity contribution < 1.29 is 14.3 Å². The average molecular weight is 331 g/mol. The highest BCUT2D eigenvalue weighted by Gasteiger charge is 2.44. The van der Waals surface area contributed by atoms with Gasteiger partial charge in [-0.2, -0.15) is 0 Å². The Balaban J connectivity index is 1.51. The quantitative estimate of drug-likeness (QED) is 0.808. The van der Waals surface area contributed by atoms with E-state index in [9.17, 15) is 9.59 Å². The number of carbonyl (C=O) groups is 2. The Kier molecular flexibility index (Phi) is 4.76. The first kappa shape index (κ1) is 16.8. The molecule has 2 aliphatic heterocycles. The second-order valence-electron chi connectivity index (χ2n) is 6.97. The van der Waals surface area contributed by atoms with Gasteiger partial charge in [-0.15, -0.1) is 0 Å². The van der Waals surface area contributed by atoms with E-state index in [2.05, 4.69) is 10.2 Å². The molecule has 1 aromatic rings. The standard InChI is InChI=1S/C18H25N3O3/c1-18(2)16(22)21(17(23)19-18)12-11-20-10-6-7-14(20)13-24-15-8-4-3-5-9-15/h3-5,8-9,14H,6-7,10-13H2,1-2H3,(H,19,23). The lowest BCUT2D eigenvalue weighted by atomic mass is 10.1. The predicted octanol–water partition coefficient (Wildman–Crippen LogP) is 1.86. The van der Waals surface area contributed by atoms with Crippen molar-refractivity contribution in [2.45, 2.75) is 38.3 Å². The number of hydrogen-bond acceptors (Lipinski definition) is 4. The number of rotatable bonds is 6. The Hall–Kier alpha value is -2.08. The number of likely N-dealkylation sites (tertiary alicyclic amines) is 1. The number of amides is 3. The van der Waals surface area contributed by atoms with Crippen LogP contribution in [0.2, 0.25) is 0 Å². The van der Waals surface area contributed by atoms with Gasteiger partial charge in [-0.25, -0.2) is 4.79 Å². The van der Waals surface area contributed by atoms with Gasteiger partial charge in [-0.3, -0.25) is 14.6 Å². The van der Waals surface area contributed by atoms with Crippen LogP contribution in [0, 0.1) is 0 Å². The van der Waals surface area contributed by atoms with Crippen molar-refractivity contribution in [3.63, 3.8) is 0 Å². The number of para-hydroxylation sites is 1. The monoisotopic (exact) mass is 331 g/mol. The number of nitrogens with zero attached hydrogens (tertiary/aromatic N) is 2. The predicted molar refractivity (Wildman–Crippen MR) is 90.9 cm³/mol. The van der Waals surface area contributed by atoms with Crippen LogP contribution in [0.1, 0.15) is 26.7 Å². The van der Waals surface area contributed by atoms with Gasteiger partial charge in [0.2, 0.25) is 0 Å². The molecule has 24 heavy (non-hydrogen) atoms. The summed E-state index contributed by atoms with van der Waals surface area (Å²) in [5, 5.41) is 2.72. The summed E-state index contributed by atoms with van der Waals surface area (Å²) in [5.74, 6) is 0.726. The molecule has 2 saturated heterocycles. The van der Waals surface area contributed by atoms with Gasteiger partial charge in [-0.05, 0) is 45.4 Å². The number of urea groups is 1. The zero-order valence-corrected chi connectivity index (χ0v) is 14.3. The van der Waals surface area contributed by atoms with E-state index in [0.29, 0.717) is 25.7 Å². The molecular weight excluding hydrogens is 306 g/mol. The summed E-state index contributed by atoms with van der Waals surface area (Å²) in [7, 11) is 0. The van der Waals surface area contributed by atoms with E-state index in [1.165, 1.54) is 4.90 Å². The Morgan fingerprint density at radius 2 is 1.96 bits per heavy atom. The molecule has 0 saturated carbocycles. The summed E-state index contributed by atoms with van der Waals surface area (Å²) in [5.41, 5.74) is -0.794. The molecule has 1 N–H and O–H groups in total. The van der Waals surface area contributed by atoms with Crippen LogP contribution in [-0.4, -0.2) is 59.6 Å². The zero-order valence-electron chi connectivity index (χ0n) is 14.3. The molecule has 2 aliphatic rings. The van der Waals surface area contributed by atoms with Gasteiger partial charge < -0.3 is 10.1 Å². The minimum atomic E-state index is -0.794. The van der Waals surface area contributed by atoms with Crippen molar-refractivity contribution in [2.24, 2.45) is 0 Å². The fourth-order valence-electron chi connectivity index (χ4n) is 3.34. The van der Waals surface area contributed by atoms with Gasteiger partial charge in [0.15, 0.2) is 0 Å². The number of carbonyl (C=O) groups excluding carboxylic acids is 2. The Bertz CT molecular complexity index is 603. The van der Waals surface area contributed by atoms with E-state index in [1.807, 2.05) is 30.3 Å². The third-order valence-electron chi connectivity index (χ3n) is 4.74. The van der Waals surface area contributed by atoms with Crippen LogP contribution in [0.5, 0.6) is 5.75 Å². The summed E-state index contributed by atoms with van der Waals surface area (Å²) in [6, 6.07) is 9.83. The van der Waals surface area contributed by atoms with Crippen LogP contribution in [0.3, 0.4) is 0 Å². The number of benzene rings is 1. The molecule has 1 atom stereocenters. The smallest absolute Gasteiger partial charge is 0.325 e. The molecule has 0 spiro atoms. The van der Waals surface area contributed by atoms with E-state index in [-0.39, 0.29) is 11.9 Å². The lowest BCUT2D eigenvalue weighted by Gasteiger charge is -2.26. The summed E-state index contributed by atoms with van der Waals surface area (Å²) in [4.78, 5) is 27.8. The Morgan fingerprint density at radius 1 is 1.21 bits per heavy atom. The molecule has 3 rings (SSSR count). The number of imide groups is 1. The Labute approximate surface area is 142 Å². The van der Waals surface area contributed by atoms with E-state index in [1.54, 1.807) is 13.8 Å². The molecule has 1 unspecified atom stereocenters. The third kappa shape index (κ3) is 3.53. The van der Waals surface area contributed by atoms with Crippen LogP contribution in [0.25, 0.3) is 0 Å². The lowest BCUT2D eigenvalue weighted by Crippen LogP contribution is -2.43. The zero-order chi connectivity index (χ0) is 17.2. The molecule has 0 aromatic heterocycles. The topological polar surface area (TPSA) is 61.9 Å². The molecule has 6 nitrogen and oxygen atoms in total. The van der Waals surface area contributed by atoms with Gasteiger partial charge in [-0.1, -0.05) is 18.2 Å². The first-order valence-corrected chi connectivity index (χ1v) is 8.53. The summed E-state index contributed by atoms with van der Waals surface area (Å²) in [6.45, 7) is 6.21. The van der Waals surface area contributed by atoms with Crippen molar-refractivity contribution in [1.29, 1.82) is 0 Å². The van der Waals surface area contributed by atoms with Crippen LogP contribution in [0.15, 0.2) is 30.3 Å². The molecule has 3 amide bonds. The first-order valence-electron chi connectivity index (χ1n) is 8.53. The van der Waals surface area contributed by atoms with Gasteiger partial charge in [0.25, 0.3) is 5.91 Å². The summed E-state index contributed by atoms with van der Waals surface area (Å²) in [6.07, 6.45) is 2.20.